The van der Waals surface area contributed by atoms with Gasteiger partial charge in [-0.05, 0) is 25.8 Å². The maximum absolute atomic E-state index is 12.3. The summed E-state index contributed by atoms with van der Waals surface area (Å²) in [6, 6.07) is 5.68. The zero-order chi connectivity index (χ0) is 19.1. The van der Waals surface area contributed by atoms with Crippen LogP contribution in [0.4, 0.5) is 0 Å². The van der Waals surface area contributed by atoms with E-state index in [1.165, 1.54) is 4.90 Å². The van der Waals surface area contributed by atoms with Crippen LogP contribution in [0.25, 0.3) is 0 Å². The van der Waals surface area contributed by atoms with Crippen molar-refractivity contribution >= 4 is 15.7 Å². The highest BCUT2D eigenvalue weighted by Crippen LogP contribution is 2.41. The number of fused-ring (bicyclic) bond motifs is 1. The first-order valence-electron chi connectivity index (χ1n) is 9.00. The Morgan fingerprint density at radius 1 is 1.35 bits per heavy atom. The molecule has 144 valence electrons. The summed E-state index contributed by atoms with van der Waals surface area (Å²) in [6.45, 7) is 8.20. The molecule has 0 spiro atoms. The van der Waals surface area contributed by atoms with Gasteiger partial charge < -0.3 is 14.4 Å². The molecular weight excluding hydrogens is 354 g/mol. The van der Waals surface area contributed by atoms with E-state index in [4.69, 9.17) is 9.47 Å². The topological polar surface area (TPSA) is 72.9 Å². The van der Waals surface area contributed by atoms with Gasteiger partial charge in [0.15, 0.2) is 27.9 Å². The summed E-state index contributed by atoms with van der Waals surface area (Å²) in [5.41, 5.74) is 0.796. The average Bonchev–Trinajstić information content (AvgIpc) is 2.75. The van der Waals surface area contributed by atoms with Gasteiger partial charge in [-0.25, -0.2) is 8.42 Å². The quantitative estimate of drug-likeness (QED) is 0.754. The lowest BCUT2D eigenvalue weighted by Gasteiger charge is -2.38. The van der Waals surface area contributed by atoms with Crippen molar-refractivity contribution in [3.8, 4) is 11.5 Å². The van der Waals surface area contributed by atoms with E-state index in [0.717, 1.165) is 12.0 Å². The minimum Gasteiger partial charge on any atom is -0.483 e. The summed E-state index contributed by atoms with van der Waals surface area (Å²) in [4.78, 5) is 13.8. The van der Waals surface area contributed by atoms with Crippen LogP contribution in [-0.4, -0.2) is 55.5 Å². The van der Waals surface area contributed by atoms with Gasteiger partial charge in [-0.3, -0.25) is 4.79 Å². The number of likely N-dealkylation sites (tertiary alicyclic amines) is 1. The number of nitrogens with zero attached hydrogens (tertiary/aromatic N) is 1. The molecule has 1 aromatic rings. The van der Waals surface area contributed by atoms with Crippen molar-refractivity contribution in [2.24, 2.45) is 5.92 Å². The molecule has 1 amide bonds. The zero-order valence-electron chi connectivity index (χ0n) is 15.8. The lowest BCUT2D eigenvalue weighted by Crippen LogP contribution is -2.58. The Morgan fingerprint density at radius 3 is 2.69 bits per heavy atom. The molecule has 7 heteroatoms. The normalized spacial score (nSPS) is 19.0. The van der Waals surface area contributed by atoms with E-state index in [1.807, 2.05) is 39.8 Å². The highest BCUT2D eigenvalue weighted by molar-refractivity contribution is 7.92. The first kappa shape index (κ1) is 19.0. The third-order valence-corrected chi connectivity index (χ3v) is 7.13. The van der Waals surface area contributed by atoms with Crippen LogP contribution in [-0.2, 0) is 21.1 Å². The molecule has 0 aromatic heterocycles. The lowest BCUT2D eigenvalue weighted by molar-refractivity contribution is -0.136. The second-order valence-electron chi connectivity index (χ2n) is 8.22. The summed E-state index contributed by atoms with van der Waals surface area (Å²) in [5.74, 6) is 1.32. The minimum absolute atomic E-state index is 0.0949. The van der Waals surface area contributed by atoms with Gasteiger partial charge in [0, 0.05) is 25.1 Å². The van der Waals surface area contributed by atoms with Crippen LogP contribution in [0.5, 0.6) is 11.5 Å². The van der Waals surface area contributed by atoms with Crippen molar-refractivity contribution in [2.45, 2.75) is 45.0 Å². The highest BCUT2D eigenvalue weighted by Gasteiger charge is 2.40. The first-order chi connectivity index (χ1) is 12.1. The van der Waals surface area contributed by atoms with Crippen molar-refractivity contribution in [3.05, 3.63) is 23.8 Å². The van der Waals surface area contributed by atoms with E-state index < -0.39 is 15.1 Å². The Balaban J connectivity index is 1.54. The average molecular weight is 381 g/mol. The van der Waals surface area contributed by atoms with Crippen molar-refractivity contribution in [3.63, 3.8) is 0 Å². The minimum atomic E-state index is -3.13. The second-order valence-corrected chi connectivity index (χ2v) is 10.5. The SMILES string of the molecule is CC(C)CS(=O)(=O)C1CN(C(=O)COc2cccc3c2OC(C)(C)C3)C1. The number of para-hydroxylation sites is 1. The monoisotopic (exact) mass is 381 g/mol. The van der Waals surface area contributed by atoms with Crippen LogP contribution >= 0.6 is 0 Å². The molecule has 2 aliphatic rings. The van der Waals surface area contributed by atoms with Crippen molar-refractivity contribution in [1.29, 1.82) is 0 Å². The van der Waals surface area contributed by atoms with Gasteiger partial charge in [-0.1, -0.05) is 26.0 Å². The Morgan fingerprint density at radius 2 is 2.04 bits per heavy atom. The number of ether oxygens (including phenoxy) is 2. The number of hydrogen-bond acceptors (Lipinski definition) is 5. The number of carbonyl (C=O) groups excluding carboxylic acids is 1. The number of rotatable bonds is 6. The standard InChI is InChI=1S/C19H27NO5S/c1-13(2)12-26(22,23)15-9-20(10-15)17(21)11-24-16-7-5-6-14-8-19(3,4)25-18(14)16/h5-7,13,15H,8-12H2,1-4H3. The summed E-state index contributed by atoms with van der Waals surface area (Å²) in [5, 5.41) is -0.445. The smallest absolute Gasteiger partial charge is 0.260 e. The number of benzene rings is 1. The van der Waals surface area contributed by atoms with E-state index in [1.54, 1.807) is 6.07 Å². The first-order valence-corrected chi connectivity index (χ1v) is 10.7. The number of amides is 1. The van der Waals surface area contributed by atoms with Gasteiger partial charge in [0.25, 0.3) is 5.91 Å². The molecule has 1 saturated heterocycles. The van der Waals surface area contributed by atoms with Crippen molar-refractivity contribution in [1.82, 2.24) is 4.90 Å². The van der Waals surface area contributed by atoms with Gasteiger partial charge >= 0.3 is 0 Å². The van der Waals surface area contributed by atoms with Crippen LogP contribution < -0.4 is 9.47 Å². The second kappa shape index (κ2) is 6.76. The van der Waals surface area contributed by atoms with E-state index in [9.17, 15) is 13.2 Å². The van der Waals surface area contributed by atoms with Gasteiger partial charge in [0.05, 0.1) is 11.0 Å². The molecule has 1 aromatic carbocycles. The van der Waals surface area contributed by atoms with Crippen molar-refractivity contribution < 1.29 is 22.7 Å². The molecule has 0 unspecified atom stereocenters. The number of carbonyl (C=O) groups is 1. The molecule has 0 aliphatic carbocycles. The predicted octanol–water partition coefficient (Wildman–Crippen LogP) is 2.06. The maximum Gasteiger partial charge on any atom is 0.260 e. The Bertz CT molecular complexity index is 794. The Hall–Kier alpha value is -1.76. The Kier molecular flexibility index (Phi) is 4.94. The molecule has 2 heterocycles. The summed E-state index contributed by atoms with van der Waals surface area (Å²) >= 11 is 0. The molecule has 3 rings (SSSR count). The lowest BCUT2D eigenvalue weighted by atomic mass is 10.0. The molecule has 6 nitrogen and oxygen atoms in total. The van der Waals surface area contributed by atoms with Gasteiger partial charge in [0.1, 0.15) is 5.60 Å². The van der Waals surface area contributed by atoms with Gasteiger partial charge in [-0.15, -0.1) is 0 Å². The van der Waals surface area contributed by atoms with E-state index in [-0.39, 0.29) is 42.9 Å². The highest BCUT2D eigenvalue weighted by atomic mass is 32.2. The Labute approximate surface area is 155 Å². The van der Waals surface area contributed by atoms with E-state index in [0.29, 0.717) is 11.5 Å². The molecule has 0 saturated carbocycles. The third-order valence-electron chi connectivity index (χ3n) is 4.68. The van der Waals surface area contributed by atoms with Crippen LogP contribution in [0.2, 0.25) is 0 Å². The molecule has 2 aliphatic heterocycles. The third kappa shape index (κ3) is 3.98. The molecule has 0 radical (unpaired) electrons. The fourth-order valence-corrected chi connectivity index (χ4v) is 5.42. The largest absolute Gasteiger partial charge is 0.483 e. The fraction of sp³-hybridized carbons (Fsp3) is 0.632. The number of sulfone groups is 1. The molecule has 0 atom stereocenters. The zero-order valence-corrected chi connectivity index (χ0v) is 16.6. The van der Waals surface area contributed by atoms with Crippen LogP contribution in [0.1, 0.15) is 33.3 Å². The van der Waals surface area contributed by atoms with Crippen LogP contribution in [0.3, 0.4) is 0 Å². The van der Waals surface area contributed by atoms with Gasteiger partial charge in [0.2, 0.25) is 0 Å². The molecule has 1 fully saturated rings. The van der Waals surface area contributed by atoms with Gasteiger partial charge in [-0.2, -0.15) is 0 Å². The van der Waals surface area contributed by atoms with Crippen LogP contribution in [0.15, 0.2) is 18.2 Å². The summed E-state index contributed by atoms with van der Waals surface area (Å²) in [6.07, 6.45) is 0.801. The van der Waals surface area contributed by atoms with E-state index in [2.05, 4.69) is 0 Å². The molecule has 0 N–H and O–H groups in total. The summed E-state index contributed by atoms with van der Waals surface area (Å²) < 4.78 is 36.0. The maximum atomic E-state index is 12.3. The number of hydrogen-bond donors (Lipinski definition) is 0. The predicted molar refractivity (Wildman–Crippen MR) is 99.3 cm³/mol. The van der Waals surface area contributed by atoms with E-state index >= 15 is 0 Å². The summed E-state index contributed by atoms with van der Waals surface area (Å²) in [7, 11) is -3.13. The van der Waals surface area contributed by atoms with Crippen LogP contribution in [0, 0.1) is 5.92 Å². The van der Waals surface area contributed by atoms with Crippen molar-refractivity contribution in [2.75, 3.05) is 25.4 Å². The fourth-order valence-electron chi connectivity index (χ4n) is 3.40. The molecule has 0 bridgehead atoms. The molecule has 26 heavy (non-hydrogen) atoms. The molecular formula is C19H27NO5S.